The van der Waals surface area contributed by atoms with Gasteiger partial charge in [-0.15, -0.1) is 0 Å². The fraction of sp³-hybridized carbons (Fsp3) is 0.444. The molecule has 1 rings (SSSR count). The smallest absolute Gasteiger partial charge is 0.326 e. The SMILES string of the molecule is CNCC(=O)NC(Cc1cnc[nH]1)C(=O)O. The molecule has 7 nitrogen and oxygen atoms in total. The van der Waals surface area contributed by atoms with Crippen molar-refractivity contribution in [3.63, 3.8) is 0 Å². The summed E-state index contributed by atoms with van der Waals surface area (Å²) < 4.78 is 0. The third kappa shape index (κ3) is 3.70. The minimum atomic E-state index is -1.07. The number of hydrogen-bond acceptors (Lipinski definition) is 4. The van der Waals surface area contributed by atoms with Crippen molar-refractivity contribution in [1.82, 2.24) is 20.6 Å². The molecular weight excluding hydrogens is 212 g/mol. The largest absolute Gasteiger partial charge is 0.480 e. The number of aromatic nitrogens is 2. The van der Waals surface area contributed by atoms with Gasteiger partial charge in [0.1, 0.15) is 6.04 Å². The van der Waals surface area contributed by atoms with Gasteiger partial charge in [-0.1, -0.05) is 0 Å². The van der Waals surface area contributed by atoms with Gasteiger partial charge in [-0.25, -0.2) is 9.78 Å². The van der Waals surface area contributed by atoms with Gasteiger partial charge in [-0.05, 0) is 7.05 Å². The molecule has 1 atom stereocenters. The topological polar surface area (TPSA) is 107 Å². The van der Waals surface area contributed by atoms with Crippen LogP contribution < -0.4 is 10.6 Å². The molecule has 0 spiro atoms. The van der Waals surface area contributed by atoms with E-state index >= 15 is 0 Å². The highest BCUT2D eigenvalue weighted by Gasteiger charge is 2.20. The predicted octanol–water partition coefficient (Wildman–Crippen LogP) is -1.26. The zero-order chi connectivity index (χ0) is 12.0. The van der Waals surface area contributed by atoms with E-state index in [1.54, 1.807) is 7.05 Å². The number of nitrogens with one attached hydrogen (secondary N) is 3. The standard InChI is InChI=1S/C9H14N4O3/c1-10-4-8(14)13-7(9(15)16)2-6-3-11-5-12-6/h3,5,7,10H,2,4H2,1H3,(H,11,12)(H,13,14)(H,15,16). The van der Waals surface area contributed by atoms with Crippen LogP contribution in [0.15, 0.2) is 12.5 Å². The first-order chi connectivity index (χ1) is 7.63. The summed E-state index contributed by atoms with van der Waals surface area (Å²) >= 11 is 0. The van der Waals surface area contributed by atoms with Gasteiger partial charge in [0.2, 0.25) is 5.91 Å². The number of carbonyl (C=O) groups is 2. The van der Waals surface area contributed by atoms with Crippen molar-refractivity contribution >= 4 is 11.9 Å². The van der Waals surface area contributed by atoms with Crippen LogP contribution >= 0.6 is 0 Å². The van der Waals surface area contributed by atoms with Crippen LogP contribution in [-0.4, -0.2) is 46.6 Å². The summed E-state index contributed by atoms with van der Waals surface area (Å²) in [6, 6.07) is -0.943. The van der Waals surface area contributed by atoms with Gasteiger partial charge < -0.3 is 20.7 Å². The number of aliphatic carboxylic acids is 1. The maximum Gasteiger partial charge on any atom is 0.326 e. The van der Waals surface area contributed by atoms with Crippen LogP contribution in [0.3, 0.4) is 0 Å². The second-order valence-electron chi connectivity index (χ2n) is 3.27. The zero-order valence-corrected chi connectivity index (χ0v) is 8.86. The van der Waals surface area contributed by atoms with Crippen LogP contribution in [0.4, 0.5) is 0 Å². The lowest BCUT2D eigenvalue weighted by Gasteiger charge is -2.13. The Morgan fingerprint density at radius 1 is 1.62 bits per heavy atom. The van der Waals surface area contributed by atoms with Crippen molar-refractivity contribution < 1.29 is 14.7 Å². The molecule has 0 aliphatic rings. The van der Waals surface area contributed by atoms with Gasteiger partial charge in [-0.3, -0.25) is 4.79 Å². The van der Waals surface area contributed by atoms with Crippen LogP contribution in [0.5, 0.6) is 0 Å². The van der Waals surface area contributed by atoms with Gasteiger partial charge in [-0.2, -0.15) is 0 Å². The maximum absolute atomic E-state index is 11.2. The van der Waals surface area contributed by atoms with Crippen molar-refractivity contribution in [2.45, 2.75) is 12.5 Å². The van der Waals surface area contributed by atoms with Gasteiger partial charge in [0, 0.05) is 18.3 Å². The number of carboxylic acid groups (broad SMARTS) is 1. The molecule has 0 saturated carbocycles. The molecule has 0 bridgehead atoms. The van der Waals surface area contributed by atoms with Gasteiger partial charge in [0.25, 0.3) is 0 Å². The Bertz CT molecular complexity index is 350. The summed E-state index contributed by atoms with van der Waals surface area (Å²) in [6.07, 6.45) is 3.18. The van der Waals surface area contributed by atoms with E-state index in [0.717, 1.165) is 0 Å². The predicted molar refractivity (Wildman–Crippen MR) is 55.8 cm³/mol. The number of aromatic amines is 1. The fourth-order valence-electron chi connectivity index (χ4n) is 1.22. The summed E-state index contributed by atoms with van der Waals surface area (Å²) in [5.74, 6) is -1.42. The van der Waals surface area contributed by atoms with E-state index in [-0.39, 0.29) is 18.9 Å². The number of likely N-dealkylation sites (N-methyl/N-ethyl adjacent to an activating group) is 1. The zero-order valence-electron chi connectivity index (χ0n) is 8.86. The summed E-state index contributed by atoms with van der Waals surface area (Å²) in [6.45, 7) is 0.0900. The molecule has 0 fully saturated rings. The van der Waals surface area contributed by atoms with E-state index in [9.17, 15) is 9.59 Å². The Morgan fingerprint density at radius 3 is 2.88 bits per heavy atom. The van der Waals surface area contributed by atoms with Crippen molar-refractivity contribution in [2.75, 3.05) is 13.6 Å². The van der Waals surface area contributed by atoms with Crippen LogP contribution in [-0.2, 0) is 16.0 Å². The van der Waals surface area contributed by atoms with Crippen molar-refractivity contribution in [3.05, 3.63) is 18.2 Å². The number of carbonyl (C=O) groups excluding carboxylic acids is 1. The molecule has 1 aromatic rings. The molecule has 1 amide bonds. The maximum atomic E-state index is 11.2. The van der Waals surface area contributed by atoms with E-state index in [2.05, 4.69) is 20.6 Å². The number of nitrogens with zero attached hydrogens (tertiary/aromatic N) is 1. The molecule has 16 heavy (non-hydrogen) atoms. The highest BCUT2D eigenvalue weighted by atomic mass is 16.4. The number of amides is 1. The second-order valence-corrected chi connectivity index (χ2v) is 3.27. The van der Waals surface area contributed by atoms with Crippen molar-refractivity contribution in [1.29, 1.82) is 0 Å². The first-order valence-electron chi connectivity index (χ1n) is 4.77. The Morgan fingerprint density at radius 2 is 2.38 bits per heavy atom. The van der Waals surface area contributed by atoms with Crippen LogP contribution in [0.2, 0.25) is 0 Å². The summed E-state index contributed by atoms with van der Waals surface area (Å²) in [7, 11) is 1.62. The van der Waals surface area contributed by atoms with Gasteiger partial charge >= 0.3 is 5.97 Å². The average molecular weight is 226 g/mol. The van der Waals surface area contributed by atoms with Crippen LogP contribution in [0.25, 0.3) is 0 Å². The molecule has 0 aromatic carbocycles. The Kier molecular flexibility index (Phi) is 4.46. The van der Waals surface area contributed by atoms with E-state index in [4.69, 9.17) is 5.11 Å². The molecule has 0 saturated heterocycles. The van der Waals surface area contributed by atoms with Gasteiger partial charge in [0.05, 0.1) is 12.9 Å². The number of imidazole rings is 1. The number of hydrogen-bond donors (Lipinski definition) is 4. The number of H-pyrrole nitrogens is 1. The third-order valence-electron chi connectivity index (χ3n) is 1.95. The molecule has 7 heteroatoms. The Balaban J connectivity index is 2.54. The molecule has 88 valence electrons. The Labute approximate surface area is 92.3 Å². The first kappa shape index (κ1) is 12.2. The quantitative estimate of drug-likeness (QED) is 0.484. The summed E-state index contributed by atoms with van der Waals surface area (Å²) in [5, 5.41) is 14.0. The van der Waals surface area contributed by atoms with E-state index < -0.39 is 12.0 Å². The lowest BCUT2D eigenvalue weighted by atomic mass is 10.1. The normalized spacial score (nSPS) is 12.1. The van der Waals surface area contributed by atoms with Gasteiger partial charge in [0.15, 0.2) is 0 Å². The summed E-state index contributed by atoms with van der Waals surface area (Å²) in [4.78, 5) is 28.7. The highest BCUT2D eigenvalue weighted by Crippen LogP contribution is 1.98. The molecule has 1 aromatic heterocycles. The molecular formula is C9H14N4O3. The molecule has 0 aliphatic heterocycles. The lowest BCUT2D eigenvalue weighted by Crippen LogP contribution is -2.45. The fourth-order valence-corrected chi connectivity index (χ4v) is 1.22. The number of carboxylic acids is 1. The van der Waals surface area contributed by atoms with E-state index in [1.807, 2.05) is 0 Å². The molecule has 1 unspecified atom stereocenters. The lowest BCUT2D eigenvalue weighted by molar-refractivity contribution is -0.141. The minimum Gasteiger partial charge on any atom is -0.480 e. The van der Waals surface area contributed by atoms with Crippen LogP contribution in [0, 0.1) is 0 Å². The van der Waals surface area contributed by atoms with E-state index in [1.165, 1.54) is 12.5 Å². The van der Waals surface area contributed by atoms with E-state index in [0.29, 0.717) is 5.69 Å². The third-order valence-corrected chi connectivity index (χ3v) is 1.95. The molecule has 4 N–H and O–H groups in total. The molecule has 1 heterocycles. The summed E-state index contributed by atoms with van der Waals surface area (Å²) in [5.41, 5.74) is 0.664. The second kappa shape index (κ2) is 5.86. The minimum absolute atomic E-state index is 0.0900. The first-order valence-corrected chi connectivity index (χ1v) is 4.77. The molecule has 0 aliphatic carbocycles. The van der Waals surface area contributed by atoms with Crippen LogP contribution in [0.1, 0.15) is 5.69 Å². The highest BCUT2D eigenvalue weighted by molar-refractivity contribution is 5.84. The number of rotatable bonds is 6. The Hall–Kier alpha value is -1.89. The monoisotopic (exact) mass is 226 g/mol. The molecule has 0 radical (unpaired) electrons. The van der Waals surface area contributed by atoms with Crippen molar-refractivity contribution in [2.24, 2.45) is 0 Å². The average Bonchev–Trinajstić information content (AvgIpc) is 2.69. The van der Waals surface area contributed by atoms with Crippen molar-refractivity contribution in [3.8, 4) is 0 Å².